The minimum atomic E-state index is -0.460. The second kappa shape index (κ2) is 4.82. The molecule has 3 nitrogen and oxygen atoms in total. The molecule has 1 aromatic rings. The molecule has 0 N–H and O–H groups in total. The number of hydrogen-bond acceptors (Lipinski definition) is 2. The van der Waals surface area contributed by atoms with Crippen molar-refractivity contribution in [2.45, 2.75) is 44.8 Å². The van der Waals surface area contributed by atoms with Gasteiger partial charge in [-0.25, -0.2) is 4.79 Å². The van der Waals surface area contributed by atoms with Crippen LogP contribution in [0.5, 0.6) is 0 Å². The first-order valence-corrected chi connectivity index (χ1v) is 7.27. The molecule has 1 aliphatic carbocycles. The zero-order valence-electron chi connectivity index (χ0n) is 11.9. The van der Waals surface area contributed by atoms with E-state index < -0.39 is 5.60 Å². The van der Waals surface area contributed by atoms with Crippen LogP contribution in [0.25, 0.3) is 0 Å². The Labute approximate surface area is 123 Å². The topological polar surface area (TPSA) is 29.5 Å². The van der Waals surface area contributed by atoms with E-state index in [2.05, 4.69) is 28.1 Å². The van der Waals surface area contributed by atoms with Gasteiger partial charge in [-0.15, -0.1) is 0 Å². The van der Waals surface area contributed by atoms with Gasteiger partial charge < -0.3 is 9.64 Å². The molecule has 2 rings (SSSR count). The van der Waals surface area contributed by atoms with E-state index >= 15 is 0 Å². The Morgan fingerprint density at radius 2 is 2.00 bits per heavy atom. The molecule has 0 radical (unpaired) electrons. The number of rotatable bonds is 2. The number of halogens is 1. The average molecular weight is 326 g/mol. The molecule has 19 heavy (non-hydrogen) atoms. The van der Waals surface area contributed by atoms with Crippen molar-refractivity contribution in [3.8, 4) is 0 Å². The lowest BCUT2D eigenvalue weighted by Gasteiger charge is -2.31. The van der Waals surface area contributed by atoms with Crippen LogP contribution in [0.15, 0.2) is 28.7 Å². The van der Waals surface area contributed by atoms with E-state index in [0.29, 0.717) is 0 Å². The number of benzene rings is 1. The number of amides is 1. The molecule has 1 aliphatic rings. The van der Waals surface area contributed by atoms with Crippen molar-refractivity contribution in [2.24, 2.45) is 0 Å². The second-order valence-electron chi connectivity index (χ2n) is 6.08. The first-order valence-electron chi connectivity index (χ1n) is 6.47. The van der Waals surface area contributed by atoms with Gasteiger partial charge in [0.15, 0.2) is 0 Å². The maximum Gasteiger partial charge on any atom is 0.410 e. The van der Waals surface area contributed by atoms with Crippen LogP contribution in [-0.2, 0) is 10.3 Å². The van der Waals surface area contributed by atoms with Crippen LogP contribution in [0.2, 0.25) is 0 Å². The quantitative estimate of drug-likeness (QED) is 0.811. The van der Waals surface area contributed by atoms with Gasteiger partial charge in [-0.05, 0) is 51.3 Å². The minimum Gasteiger partial charge on any atom is -0.444 e. The van der Waals surface area contributed by atoms with Gasteiger partial charge in [0.2, 0.25) is 0 Å². The maximum absolute atomic E-state index is 12.2. The predicted octanol–water partition coefficient (Wildman–Crippen LogP) is 4.31. The van der Waals surface area contributed by atoms with Crippen molar-refractivity contribution >= 4 is 22.0 Å². The van der Waals surface area contributed by atoms with Crippen molar-refractivity contribution in [3.05, 3.63) is 34.3 Å². The van der Waals surface area contributed by atoms with Gasteiger partial charge in [-0.2, -0.15) is 0 Å². The highest BCUT2D eigenvalue weighted by Gasteiger charge is 2.51. The summed E-state index contributed by atoms with van der Waals surface area (Å²) in [6, 6.07) is 8.14. The number of hydrogen-bond donors (Lipinski definition) is 0. The second-order valence-corrected chi connectivity index (χ2v) is 7.00. The summed E-state index contributed by atoms with van der Waals surface area (Å²) in [6.07, 6.45) is 1.71. The van der Waals surface area contributed by atoms with Gasteiger partial charge in [0.25, 0.3) is 0 Å². The number of ether oxygens (including phenoxy) is 1. The Balaban J connectivity index is 2.19. The molecule has 0 aliphatic heterocycles. The molecular weight excluding hydrogens is 306 g/mol. The van der Waals surface area contributed by atoms with Crippen LogP contribution in [-0.4, -0.2) is 23.6 Å². The van der Waals surface area contributed by atoms with Gasteiger partial charge in [0.1, 0.15) is 5.60 Å². The minimum absolute atomic E-state index is 0.188. The van der Waals surface area contributed by atoms with Crippen LogP contribution in [0.1, 0.15) is 39.2 Å². The van der Waals surface area contributed by atoms with Gasteiger partial charge in [0, 0.05) is 11.5 Å². The van der Waals surface area contributed by atoms with Gasteiger partial charge in [-0.3, -0.25) is 0 Å². The first-order chi connectivity index (χ1) is 8.74. The van der Waals surface area contributed by atoms with Gasteiger partial charge in [-0.1, -0.05) is 28.1 Å². The molecule has 0 heterocycles. The molecule has 0 bridgehead atoms. The molecule has 0 aromatic heterocycles. The van der Waals surface area contributed by atoms with Crippen LogP contribution in [0, 0.1) is 0 Å². The molecule has 4 heteroatoms. The molecule has 1 saturated carbocycles. The van der Waals surface area contributed by atoms with Crippen LogP contribution in [0.3, 0.4) is 0 Å². The molecule has 1 aromatic carbocycles. The molecule has 1 amide bonds. The van der Waals surface area contributed by atoms with E-state index in [4.69, 9.17) is 4.74 Å². The smallest absolute Gasteiger partial charge is 0.410 e. The summed E-state index contributed by atoms with van der Waals surface area (Å²) < 4.78 is 6.49. The Bertz CT molecular complexity index is 489. The molecule has 0 saturated heterocycles. The van der Waals surface area contributed by atoms with Crippen molar-refractivity contribution in [1.29, 1.82) is 0 Å². The maximum atomic E-state index is 12.2. The van der Waals surface area contributed by atoms with E-state index in [1.54, 1.807) is 4.90 Å². The van der Waals surface area contributed by atoms with Crippen molar-refractivity contribution in [2.75, 3.05) is 7.05 Å². The molecule has 0 spiro atoms. The summed E-state index contributed by atoms with van der Waals surface area (Å²) in [5.41, 5.74) is 0.514. The first kappa shape index (κ1) is 14.4. The Morgan fingerprint density at radius 1 is 1.37 bits per heavy atom. The summed E-state index contributed by atoms with van der Waals surface area (Å²) in [7, 11) is 1.82. The monoisotopic (exact) mass is 325 g/mol. The molecule has 1 fully saturated rings. The summed E-state index contributed by atoms with van der Waals surface area (Å²) in [6.45, 7) is 5.66. The fourth-order valence-electron chi connectivity index (χ4n) is 2.22. The third-order valence-electron chi connectivity index (χ3n) is 3.39. The molecule has 104 valence electrons. The fourth-order valence-corrected chi connectivity index (χ4v) is 2.62. The SMILES string of the molecule is CN(C(=O)OC(C)(C)C)C1(c2cccc(Br)c2)CC1. The number of nitrogens with zero attached hydrogens (tertiary/aromatic N) is 1. The van der Waals surface area contributed by atoms with Crippen LogP contribution < -0.4 is 0 Å². The normalized spacial score (nSPS) is 16.9. The van der Waals surface area contributed by atoms with E-state index in [9.17, 15) is 4.79 Å². The standard InChI is InChI=1S/C15H20BrNO2/c1-14(2,3)19-13(18)17(4)15(8-9-15)11-6-5-7-12(16)10-11/h5-7,10H,8-9H2,1-4H3. The van der Waals surface area contributed by atoms with E-state index in [1.807, 2.05) is 40.0 Å². The van der Waals surface area contributed by atoms with Gasteiger partial charge in [0.05, 0.1) is 5.54 Å². The van der Waals surface area contributed by atoms with Crippen molar-refractivity contribution < 1.29 is 9.53 Å². The van der Waals surface area contributed by atoms with Crippen molar-refractivity contribution in [1.82, 2.24) is 4.90 Å². The summed E-state index contributed by atoms with van der Waals surface area (Å²) in [4.78, 5) is 13.9. The Morgan fingerprint density at radius 3 is 2.47 bits per heavy atom. The third kappa shape index (κ3) is 3.11. The van der Waals surface area contributed by atoms with Gasteiger partial charge >= 0.3 is 6.09 Å². The van der Waals surface area contributed by atoms with Crippen molar-refractivity contribution in [3.63, 3.8) is 0 Å². The van der Waals surface area contributed by atoms with Crippen LogP contribution in [0.4, 0.5) is 4.79 Å². The highest BCUT2D eigenvalue weighted by atomic mass is 79.9. The lowest BCUT2D eigenvalue weighted by atomic mass is 10.0. The molecule has 0 atom stereocenters. The third-order valence-corrected chi connectivity index (χ3v) is 3.89. The Kier molecular flexibility index (Phi) is 3.65. The van der Waals surface area contributed by atoms with E-state index in [-0.39, 0.29) is 11.6 Å². The molecular formula is C15H20BrNO2. The highest BCUT2D eigenvalue weighted by molar-refractivity contribution is 9.10. The average Bonchev–Trinajstić information content (AvgIpc) is 3.07. The largest absolute Gasteiger partial charge is 0.444 e. The lowest BCUT2D eigenvalue weighted by Crippen LogP contribution is -2.40. The number of carbonyl (C=O) groups is 1. The summed E-state index contributed by atoms with van der Waals surface area (Å²) >= 11 is 3.48. The summed E-state index contributed by atoms with van der Waals surface area (Å²) in [5, 5.41) is 0. The zero-order chi connectivity index (χ0) is 14.3. The Hall–Kier alpha value is -1.03. The molecule has 0 unspecified atom stereocenters. The zero-order valence-corrected chi connectivity index (χ0v) is 13.5. The van der Waals surface area contributed by atoms with Crippen LogP contribution >= 0.6 is 15.9 Å². The lowest BCUT2D eigenvalue weighted by molar-refractivity contribution is 0.0190. The van der Waals surface area contributed by atoms with E-state index in [1.165, 1.54) is 0 Å². The van der Waals surface area contributed by atoms with E-state index in [0.717, 1.165) is 22.9 Å². The number of carbonyl (C=O) groups excluding carboxylic acids is 1. The highest BCUT2D eigenvalue weighted by Crippen LogP contribution is 2.51. The fraction of sp³-hybridized carbons (Fsp3) is 0.533. The summed E-state index contributed by atoms with van der Waals surface area (Å²) in [5.74, 6) is 0. The predicted molar refractivity (Wildman–Crippen MR) is 79.1 cm³/mol.